The van der Waals surface area contributed by atoms with E-state index in [4.69, 9.17) is 5.11 Å². The van der Waals surface area contributed by atoms with Crippen molar-refractivity contribution in [2.75, 3.05) is 18.2 Å². The van der Waals surface area contributed by atoms with Gasteiger partial charge in [-0.3, -0.25) is 14.5 Å². The number of rotatable bonds is 9. The number of hydrogen-bond donors (Lipinski definition) is 2. The summed E-state index contributed by atoms with van der Waals surface area (Å²) in [5, 5.41) is 22.7. The fourth-order valence-corrected chi connectivity index (χ4v) is 4.18. The number of aliphatic carboxylic acids is 2. The molecule has 1 heterocycles. The van der Waals surface area contributed by atoms with Crippen molar-refractivity contribution in [1.82, 2.24) is 10.2 Å². The Balaban J connectivity index is 0.00000338. The van der Waals surface area contributed by atoms with E-state index < -0.39 is 18.0 Å². The summed E-state index contributed by atoms with van der Waals surface area (Å²) >= 11 is 1.61. The molecular weight excluding hydrogens is 367 g/mol. The molecule has 9 heteroatoms. The number of carbonyl (C=O) groups excluding carboxylic acids is 2. The second kappa shape index (κ2) is 10.1. The first-order valence-electron chi connectivity index (χ1n) is 8.49. The zero-order valence-electron chi connectivity index (χ0n) is 15.6. The second-order valence-corrected chi connectivity index (χ2v) is 8.30. The van der Waals surface area contributed by atoms with Crippen molar-refractivity contribution in [2.24, 2.45) is 11.3 Å². The van der Waals surface area contributed by atoms with Crippen molar-refractivity contribution in [1.29, 1.82) is 0 Å². The Kier molecular flexibility index (Phi) is 9.15. The van der Waals surface area contributed by atoms with E-state index in [1.165, 1.54) is 6.08 Å². The van der Waals surface area contributed by atoms with E-state index in [9.17, 15) is 19.5 Å². The molecular formula is C17H25N2NaO5S. The summed E-state index contributed by atoms with van der Waals surface area (Å²) in [5.74, 6) is -1.27. The number of amides is 1. The van der Waals surface area contributed by atoms with Crippen LogP contribution in [0.1, 0.15) is 39.5 Å². The van der Waals surface area contributed by atoms with Crippen LogP contribution in [0.25, 0.3) is 0 Å². The predicted molar refractivity (Wildman–Crippen MR) is 92.4 cm³/mol. The third-order valence-corrected chi connectivity index (χ3v) is 5.88. The van der Waals surface area contributed by atoms with Gasteiger partial charge in [0.25, 0.3) is 0 Å². The van der Waals surface area contributed by atoms with Gasteiger partial charge in [-0.15, -0.1) is 11.8 Å². The molecule has 0 aromatic rings. The molecule has 0 aromatic carbocycles. The molecule has 0 bridgehead atoms. The number of thioether (sulfide) groups is 1. The normalized spacial score (nSPS) is 24.6. The van der Waals surface area contributed by atoms with Gasteiger partial charge in [-0.25, -0.2) is 0 Å². The Hall–Kier alpha value is -0.540. The van der Waals surface area contributed by atoms with Crippen molar-refractivity contribution in [3.63, 3.8) is 0 Å². The molecule has 2 fully saturated rings. The maximum Gasteiger partial charge on any atom is 1.00 e. The van der Waals surface area contributed by atoms with Gasteiger partial charge in [0.15, 0.2) is 0 Å². The van der Waals surface area contributed by atoms with Gasteiger partial charge in [-0.1, -0.05) is 19.9 Å². The second-order valence-electron chi connectivity index (χ2n) is 7.30. The summed E-state index contributed by atoms with van der Waals surface area (Å²) in [6.07, 6.45) is 4.23. The molecule has 1 saturated carbocycles. The third kappa shape index (κ3) is 6.56. The third-order valence-electron chi connectivity index (χ3n) is 4.81. The number of hydrogen-bond acceptors (Lipinski definition) is 6. The fourth-order valence-electron chi connectivity index (χ4n) is 2.95. The number of carboxylic acids is 2. The Labute approximate surface area is 180 Å². The van der Waals surface area contributed by atoms with Crippen LogP contribution in [0.15, 0.2) is 11.8 Å². The van der Waals surface area contributed by atoms with Crippen molar-refractivity contribution in [3.05, 3.63) is 11.8 Å². The van der Waals surface area contributed by atoms with E-state index in [-0.39, 0.29) is 52.5 Å². The topological polar surface area (TPSA) is 110 Å². The average Bonchev–Trinajstić information content (AvgIpc) is 2.95. The van der Waals surface area contributed by atoms with Crippen molar-refractivity contribution < 1.29 is 54.2 Å². The van der Waals surface area contributed by atoms with Crippen molar-refractivity contribution in [3.8, 4) is 0 Å². The summed E-state index contributed by atoms with van der Waals surface area (Å²) in [6.45, 7) is 4.61. The molecule has 0 unspecified atom stereocenters. The van der Waals surface area contributed by atoms with Gasteiger partial charge >= 0.3 is 35.5 Å². The Morgan fingerprint density at radius 1 is 1.35 bits per heavy atom. The Morgan fingerprint density at radius 3 is 2.54 bits per heavy atom. The summed E-state index contributed by atoms with van der Waals surface area (Å²) in [5.41, 5.74) is -0.233. The van der Waals surface area contributed by atoms with Crippen LogP contribution in [0.5, 0.6) is 0 Å². The zero-order valence-corrected chi connectivity index (χ0v) is 18.4. The molecule has 2 aliphatic rings. The monoisotopic (exact) mass is 392 g/mol. The molecule has 2 atom stereocenters. The quantitative estimate of drug-likeness (QED) is 0.252. The first kappa shape index (κ1) is 23.5. The minimum atomic E-state index is -1.38. The standard InChI is InChI=1S/C17H26N2O5S.Na/c1-17(2)8-11(17)14(20)18-12(15(21)22)6-4-3-5-7-19-10-25-9-13(19)16(23)24;/h6,11,13H,3-5,7-10H2,1-2H3,(H,18,20)(H,21,22)(H,23,24);/q;+1/p-1/b12-6-;/t11-,13+;/m1./s1. The molecule has 140 valence electrons. The maximum atomic E-state index is 12.0. The number of carbonyl (C=O) groups is 3. The molecule has 1 aliphatic carbocycles. The molecule has 1 amide bonds. The van der Waals surface area contributed by atoms with Crippen LogP contribution in [0.4, 0.5) is 0 Å². The van der Waals surface area contributed by atoms with Gasteiger partial charge in [0.05, 0.1) is 11.7 Å². The minimum Gasteiger partial charge on any atom is -0.543 e. The summed E-state index contributed by atoms with van der Waals surface area (Å²) in [6, 6.07) is -0.430. The summed E-state index contributed by atoms with van der Waals surface area (Å²) in [7, 11) is 0. The number of allylic oxidation sites excluding steroid dienone is 1. The van der Waals surface area contributed by atoms with Crippen LogP contribution < -0.4 is 40.0 Å². The van der Waals surface area contributed by atoms with E-state index in [1.807, 2.05) is 18.7 Å². The van der Waals surface area contributed by atoms with E-state index in [2.05, 4.69) is 5.32 Å². The molecule has 0 radical (unpaired) electrons. The minimum absolute atomic E-state index is 0. The molecule has 2 N–H and O–H groups in total. The summed E-state index contributed by atoms with van der Waals surface area (Å²) in [4.78, 5) is 36.2. The number of unbranched alkanes of at least 4 members (excludes halogenated alkanes) is 2. The van der Waals surface area contributed by atoms with Crippen LogP contribution in [0, 0.1) is 11.3 Å². The van der Waals surface area contributed by atoms with Gasteiger partial charge in [0, 0.05) is 17.5 Å². The first-order chi connectivity index (χ1) is 11.7. The molecule has 2 rings (SSSR count). The Morgan fingerprint density at radius 2 is 2.00 bits per heavy atom. The van der Waals surface area contributed by atoms with Crippen LogP contribution in [0.3, 0.4) is 0 Å². The van der Waals surface area contributed by atoms with Gasteiger partial charge in [0.1, 0.15) is 6.04 Å². The van der Waals surface area contributed by atoms with E-state index in [1.54, 1.807) is 11.8 Å². The molecule has 26 heavy (non-hydrogen) atoms. The van der Waals surface area contributed by atoms with Crippen LogP contribution in [0.2, 0.25) is 0 Å². The number of nitrogens with zero attached hydrogens (tertiary/aromatic N) is 1. The van der Waals surface area contributed by atoms with E-state index >= 15 is 0 Å². The SMILES string of the molecule is CC1(C)C[C@@H]1C(=O)N/C(=C\CCCCN1CSC[C@H]1C(=O)O)C(=O)[O-].[Na+]. The fraction of sp³-hybridized carbons (Fsp3) is 0.706. The maximum absolute atomic E-state index is 12.0. The van der Waals surface area contributed by atoms with Crippen molar-refractivity contribution >= 4 is 29.6 Å². The molecule has 0 aromatic heterocycles. The number of carboxylic acid groups (broad SMARTS) is 2. The molecule has 1 aliphatic heterocycles. The molecule has 0 spiro atoms. The van der Waals surface area contributed by atoms with Gasteiger partial charge < -0.3 is 20.3 Å². The smallest absolute Gasteiger partial charge is 0.543 e. The van der Waals surface area contributed by atoms with Gasteiger partial charge in [0.2, 0.25) is 5.91 Å². The van der Waals surface area contributed by atoms with E-state index in [0.29, 0.717) is 24.6 Å². The average molecular weight is 392 g/mol. The Bertz CT molecular complexity index is 582. The largest absolute Gasteiger partial charge is 1.00 e. The van der Waals surface area contributed by atoms with Crippen LogP contribution >= 0.6 is 11.8 Å². The van der Waals surface area contributed by atoms with Crippen LogP contribution in [-0.2, 0) is 14.4 Å². The van der Waals surface area contributed by atoms with Crippen LogP contribution in [-0.4, -0.2) is 52.1 Å². The molecule has 7 nitrogen and oxygen atoms in total. The molecule has 1 saturated heterocycles. The number of nitrogens with one attached hydrogen (secondary N) is 1. The first-order valence-corrected chi connectivity index (χ1v) is 9.65. The predicted octanol–water partition coefficient (Wildman–Crippen LogP) is -2.58. The van der Waals surface area contributed by atoms with E-state index in [0.717, 1.165) is 19.3 Å². The zero-order chi connectivity index (χ0) is 18.6. The van der Waals surface area contributed by atoms with Gasteiger partial charge in [-0.05, 0) is 37.6 Å². The van der Waals surface area contributed by atoms with Crippen molar-refractivity contribution in [2.45, 2.75) is 45.6 Å². The van der Waals surface area contributed by atoms with Gasteiger partial charge in [-0.2, -0.15) is 0 Å². The summed E-state index contributed by atoms with van der Waals surface area (Å²) < 4.78 is 0.